The van der Waals surface area contributed by atoms with Crippen molar-refractivity contribution in [1.82, 2.24) is 0 Å². The van der Waals surface area contributed by atoms with Gasteiger partial charge in [-0.2, -0.15) is 10.5 Å². The fraction of sp³-hybridized carbons (Fsp3) is 0.100. The maximum atomic E-state index is 8.83. The van der Waals surface area contributed by atoms with E-state index in [0.29, 0.717) is 6.61 Å². The third-order valence-corrected chi connectivity index (χ3v) is 3.28. The fourth-order valence-corrected chi connectivity index (χ4v) is 1.99. The van der Waals surface area contributed by atoms with E-state index in [1.165, 1.54) is 13.2 Å². The van der Waals surface area contributed by atoms with Crippen LogP contribution in [0.3, 0.4) is 0 Å². The van der Waals surface area contributed by atoms with Crippen LogP contribution in [0.2, 0.25) is 0 Å². The summed E-state index contributed by atoms with van der Waals surface area (Å²) < 4.78 is 10.7. The van der Waals surface area contributed by atoms with E-state index < -0.39 is 0 Å². The van der Waals surface area contributed by atoms with Crippen LogP contribution in [0.15, 0.2) is 78.2 Å². The Labute approximate surface area is 147 Å². The van der Waals surface area contributed by atoms with Crippen molar-refractivity contribution in [2.45, 2.75) is 6.61 Å². The van der Waals surface area contributed by atoms with Gasteiger partial charge in [-0.1, -0.05) is 30.3 Å². The van der Waals surface area contributed by atoms with E-state index in [0.717, 1.165) is 17.0 Å². The van der Waals surface area contributed by atoms with Crippen molar-refractivity contribution in [3.05, 3.63) is 83.8 Å². The van der Waals surface area contributed by atoms with Gasteiger partial charge in [0, 0.05) is 11.9 Å². The Hall–Kier alpha value is -3.70. The van der Waals surface area contributed by atoms with E-state index >= 15 is 0 Å². The van der Waals surface area contributed by atoms with E-state index in [-0.39, 0.29) is 11.3 Å². The Morgan fingerprint density at radius 1 is 1.04 bits per heavy atom. The van der Waals surface area contributed by atoms with Crippen LogP contribution in [-0.2, 0) is 11.3 Å². The lowest BCUT2D eigenvalue weighted by Crippen LogP contribution is -1.95. The molecule has 0 saturated heterocycles. The number of ether oxygens (including phenoxy) is 2. The maximum Gasteiger partial charge on any atom is 0.171 e. The molecule has 0 aliphatic heterocycles. The number of nitrogens with one attached hydrogen (secondary N) is 1. The highest BCUT2D eigenvalue weighted by Gasteiger charge is 2.02. The van der Waals surface area contributed by atoms with Gasteiger partial charge in [-0.3, -0.25) is 0 Å². The molecule has 2 aromatic carbocycles. The van der Waals surface area contributed by atoms with Crippen LogP contribution < -0.4 is 10.1 Å². The lowest BCUT2D eigenvalue weighted by atomic mass is 10.2. The molecule has 0 aromatic heterocycles. The minimum Gasteiger partial charge on any atom is -0.495 e. The summed E-state index contributed by atoms with van der Waals surface area (Å²) in [6.45, 7) is 0.514. The molecule has 0 bridgehead atoms. The van der Waals surface area contributed by atoms with Crippen molar-refractivity contribution in [2.75, 3.05) is 12.4 Å². The highest BCUT2D eigenvalue weighted by molar-refractivity contribution is 5.49. The molecule has 0 radical (unpaired) electrons. The second-order valence-corrected chi connectivity index (χ2v) is 4.94. The van der Waals surface area contributed by atoms with E-state index in [1.807, 2.05) is 54.6 Å². The van der Waals surface area contributed by atoms with Crippen molar-refractivity contribution in [3.8, 4) is 17.9 Å². The summed E-state index contributed by atoms with van der Waals surface area (Å²) in [6, 6.07) is 21.0. The predicted molar refractivity (Wildman–Crippen MR) is 95.2 cm³/mol. The molecule has 0 heterocycles. The lowest BCUT2D eigenvalue weighted by Gasteiger charge is -2.07. The number of rotatable bonds is 7. The summed E-state index contributed by atoms with van der Waals surface area (Å²) in [7, 11) is 1.41. The first-order valence-electron chi connectivity index (χ1n) is 7.55. The molecule has 0 amide bonds. The quantitative estimate of drug-likeness (QED) is 0.469. The van der Waals surface area contributed by atoms with Gasteiger partial charge < -0.3 is 14.8 Å². The second kappa shape index (κ2) is 9.44. The largest absolute Gasteiger partial charge is 0.495 e. The standard InChI is InChI=1S/C20H17N3O2/c1-24-20(17(13-21)14-22)11-12-23-18-7-9-19(10-8-18)25-15-16-5-3-2-4-6-16/h2-12,23H,15H2,1H3. The number of hydrogen-bond donors (Lipinski definition) is 1. The summed E-state index contributed by atoms with van der Waals surface area (Å²) in [5, 5.41) is 20.7. The number of hydrogen-bond acceptors (Lipinski definition) is 5. The third kappa shape index (κ3) is 5.46. The molecule has 2 aromatic rings. The van der Waals surface area contributed by atoms with Crippen LogP contribution in [0.4, 0.5) is 5.69 Å². The fourth-order valence-electron chi connectivity index (χ4n) is 1.99. The summed E-state index contributed by atoms with van der Waals surface area (Å²) >= 11 is 0. The minimum atomic E-state index is -0.0785. The Bertz CT molecular complexity index is 810. The van der Waals surface area contributed by atoms with Gasteiger partial charge in [-0.05, 0) is 35.9 Å². The smallest absolute Gasteiger partial charge is 0.171 e. The second-order valence-electron chi connectivity index (χ2n) is 4.94. The molecule has 25 heavy (non-hydrogen) atoms. The molecule has 2 rings (SSSR count). The van der Waals surface area contributed by atoms with Crippen LogP contribution in [0.25, 0.3) is 0 Å². The van der Waals surface area contributed by atoms with Gasteiger partial charge in [0.05, 0.1) is 7.11 Å². The number of nitriles is 2. The van der Waals surface area contributed by atoms with Gasteiger partial charge in [0.1, 0.15) is 30.3 Å². The SMILES string of the molecule is COC(C=CNc1ccc(OCc2ccccc2)cc1)=C(C#N)C#N. The lowest BCUT2D eigenvalue weighted by molar-refractivity contribution is 0.305. The molecular weight excluding hydrogens is 314 g/mol. The van der Waals surface area contributed by atoms with Gasteiger partial charge in [0.15, 0.2) is 5.57 Å². The average Bonchev–Trinajstić information content (AvgIpc) is 2.67. The molecule has 5 heteroatoms. The molecule has 1 N–H and O–H groups in total. The van der Waals surface area contributed by atoms with Crippen molar-refractivity contribution >= 4 is 5.69 Å². The minimum absolute atomic E-state index is 0.0785. The van der Waals surface area contributed by atoms with Crippen LogP contribution in [0.1, 0.15) is 5.56 Å². The van der Waals surface area contributed by atoms with Gasteiger partial charge in [0.2, 0.25) is 0 Å². The topological polar surface area (TPSA) is 78.1 Å². The number of methoxy groups -OCH3 is 1. The highest BCUT2D eigenvalue weighted by atomic mass is 16.5. The van der Waals surface area contributed by atoms with Crippen LogP contribution in [0.5, 0.6) is 5.75 Å². The van der Waals surface area contributed by atoms with Crippen LogP contribution >= 0.6 is 0 Å². The zero-order chi connectivity index (χ0) is 17.9. The molecule has 0 unspecified atom stereocenters. The van der Waals surface area contributed by atoms with Crippen LogP contribution in [0, 0.1) is 22.7 Å². The van der Waals surface area contributed by atoms with Gasteiger partial charge in [-0.25, -0.2) is 0 Å². The Morgan fingerprint density at radius 2 is 1.72 bits per heavy atom. The highest BCUT2D eigenvalue weighted by Crippen LogP contribution is 2.17. The third-order valence-electron chi connectivity index (χ3n) is 3.28. The average molecular weight is 331 g/mol. The van der Waals surface area contributed by atoms with Gasteiger partial charge >= 0.3 is 0 Å². The van der Waals surface area contributed by atoms with Gasteiger partial charge in [-0.15, -0.1) is 0 Å². The van der Waals surface area contributed by atoms with E-state index in [2.05, 4.69) is 5.32 Å². The maximum absolute atomic E-state index is 8.83. The monoisotopic (exact) mass is 331 g/mol. The van der Waals surface area contributed by atoms with E-state index in [4.69, 9.17) is 20.0 Å². The molecule has 0 aliphatic rings. The zero-order valence-electron chi connectivity index (χ0n) is 13.8. The number of nitrogens with zero attached hydrogens (tertiary/aromatic N) is 2. The normalized spacial score (nSPS) is 9.72. The first kappa shape index (κ1) is 17.7. The molecule has 0 atom stereocenters. The van der Waals surface area contributed by atoms with Crippen molar-refractivity contribution in [3.63, 3.8) is 0 Å². The Morgan fingerprint density at radius 3 is 2.32 bits per heavy atom. The number of allylic oxidation sites excluding steroid dienone is 2. The molecular formula is C20H17N3O2. The van der Waals surface area contributed by atoms with Crippen molar-refractivity contribution in [2.24, 2.45) is 0 Å². The molecule has 0 aliphatic carbocycles. The van der Waals surface area contributed by atoms with E-state index in [9.17, 15) is 0 Å². The first-order chi connectivity index (χ1) is 12.3. The summed E-state index contributed by atoms with van der Waals surface area (Å²) in [4.78, 5) is 0. The number of benzene rings is 2. The molecule has 0 fully saturated rings. The predicted octanol–water partition coefficient (Wildman–Crippen LogP) is 4.14. The summed E-state index contributed by atoms with van der Waals surface area (Å²) in [6.07, 6.45) is 3.13. The summed E-state index contributed by atoms with van der Waals surface area (Å²) in [5.74, 6) is 0.979. The molecule has 124 valence electrons. The number of anilines is 1. The molecule has 0 spiro atoms. The Balaban J connectivity index is 1.92. The van der Waals surface area contributed by atoms with Crippen molar-refractivity contribution < 1.29 is 9.47 Å². The zero-order valence-corrected chi connectivity index (χ0v) is 13.8. The van der Waals surface area contributed by atoms with Gasteiger partial charge in [0.25, 0.3) is 0 Å². The van der Waals surface area contributed by atoms with Crippen molar-refractivity contribution in [1.29, 1.82) is 10.5 Å². The molecule has 0 saturated carbocycles. The summed E-state index contributed by atoms with van der Waals surface area (Å²) in [5.41, 5.74) is 1.87. The molecule has 5 nitrogen and oxygen atoms in total. The van der Waals surface area contributed by atoms with E-state index in [1.54, 1.807) is 18.3 Å². The first-order valence-corrected chi connectivity index (χ1v) is 7.55. The van der Waals surface area contributed by atoms with Crippen LogP contribution in [-0.4, -0.2) is 7.11 Å². The Kier molecular flexibility index (Phi) is 6.67.